The zero-order chi connectivity index (χ0) is 16.2. The van der Waals surface area contributed by atoms with Crippen molar-refractivity contribution in [2.45, 2.75) is 24.7 Å². The molecule has 0 saturated carbocycles. The van der Waals surface area contributed by atoms with Gasteiger partial charge >= 0.3 is 0 Å². The molecule has 0 unspecified atom stereocenters. The van der Waals surface area contributed by atoms with E-state index in [9.17, 15) is 13.2 Å². The summed E-state index contributed by atoms with van der Waals surface area (Å²) < 4.78 is 23.1. The molecule has 5 nitrogen and oxygen atoms in total. The van der Waals surface area contributed by atoms with E-state index in [0.717, 1.165) is 38.7 Å². The number of hydrogen-bond acceptors (Lipinski definition) is 4. The molecule has 1 heterocycles. The summed E-state index contributed by atoms with van der Waals surface area (Å²) in [6, 6.07) is 6.19. The van der Waals surface area contributed by atoms with Crippen LogP contribution in [0.2, 0.25) is 0 Å². The first-order valence-corrected chi connectivity index (χ1v) is 9.60. The second-order valence-corrected chi connectivity index (χ2v) is 7.90. The molecule has 122 valence electrons. The predicted molar refractivity (Wildman–Crippen MR) is 86.7 cm³/mol. The molecule has 0 atom stereocenters. The smallest absolute Gasteiger partial charge is 0.251 e. The molecule has 1 aromatic rings. The summed E-state index contributed by atoms with van der Waals surface area (Å²) in [5.41, 5.74) is 0.397. The zero-order valence-electron chi connectivity index (χ0n) is 13.2. The minimum absolute atomic E-state index is 0.177. The van der Waals surface area contributed by atoms with Crippen LogP contribution in [0.1, 0.15) is 30.1 Å². The molecule has 2 rings (SSSR count). The van der Waals surface area contributed by atoms with Gasteiger partial charge in [0.25, 0.3) is 5.91 Å². The molecule has 1 N–H and O–H groups in total. The van der Waals surface area contributed by atoms with E-state index < -0.39 is 9.84 Å². The Morgan fingerprint density at radius 1 is 1.32 bits per heavy atom. The van der Waals surface area contributed by atoms with Gasteiger partial charge in [0.05, 0.1) is 4.90 Å². The second-order valence-electron chi connectivity index (χ2n) is 5.89. The molecule has 0 radical (unpaired) electrons. The molecule has 1 aromatic carbocycles. The molecule has 0 bridgehead atoms. The summed E-state index contributed by atoms with van der Waals surface area (Å²) in [6.45, 7) is 6.06. The fourth-order valence-electron chi connectivity index (χ4n) is 2.71. The first-order chi connectivity index (χ1) is 10.4. The highest BCUT2D eigenvalue weighted by molar-refractivity contribution is 7.90. The molecular formula is C16H24N2O3S. The van der Waals surface area contributed by atoms with E-state index in [0.29, 0.717) is 18.0 Å². The van der Waals surface area contributed by atoms with Crippen molar-refractivity contribution in [3.63, 3.8) is 0 Å². The van der Waals surface area contributed by atoms with Crippen LogP contribution in [0, 0.1) is 5.92 Å². The summed E-state index contributed by atoms with van der Waals surface area (Å²) in [5, 5.41) is 2.93. The topological polar surface area (TPSA) is 66.5 Å². The lowest BCUT2D eigenvalue weighted by atomic mass is 9.97. The molecule has 6 heteroatoms. The van der Waals surface area contributed by atoms with Crippen molar-refractivity contribution < 1.29 is 13.2 Å². The molecule has 1 saturated heterocycles. The van der Waals surface area contributed by atoms with Gasteiger partial charge in [-0.2, -0.15) is 0 Å². The summed E-state index contributed by atoms with van der Waals surface area (Å²) >= 11 is 0. The molecule has 1 fully saturated rings. The average molecular weight is 324 g/mol. The molecule has 1 aliphatic heterocycles. The summed E-state index contributed by atoms with van der Waals surface area (Å²) in [5.74, 6) is 0.299. The Bertz CT molecular complexity index is 620. The van der Waals surface area contributed by atoms with Crippen molar-refractivity contribution in [2.75, 3.05) is 32.4 Å². The lowest BCUT2D eigenvalue weighted by Gasteiger charge is -2.31. The largest absolute Gasteiger partial charge is 0.352 e. The van der Waals surface area contributed by atoms with E-state index in [1.807, 2.05) is 0 Å². The molecule has 1 amide bonds. The van der Waals surface area contributed by atoms with Gasteiger partial charge in [-0.25, -0.2) is 8.42 Å². The Kier molecular flexibility index (Phi) is 5.58. The second kappa shape index (κ2) is 7.24. The third-order valence-corrected chi connectivity index (χ3v) is 5.34. The van der Waals surface area contributed by atoms with Gasteiger partial charge in [-0.05, 0) is 56.6 Å². The van der Waals surface area contributed by atoms with Gasteiger partial charge in [-0.3, -0.25) is 4.79 Å². The number of nitrogens with one attached hydrogen (secondary N) is 1. The lowest BCUT2D eigenvalue weighted by molar-refractivity contribution is 0.0936. The van der Waals surface area contributed by atoms with E-state index in [1.165, 1.54) is 12.1 Å². The predicted octanol–water partition coefficient (Wildman–Crippen LogP) is 1.55. The Morgan fingerprint density at radius 2 is 2.00 bits per heavy atom. The van der Waals surface area contributed by atoms with E-state index >= 15 is 0 Å². The maximum Gasteiger partial charge on any atom is 0.251 e. The van der Waals surface area contributed by atoms with Crippen molar-refractivity contribution in [3.05, 3.63) is 29.8 Å². The fraction of sp³-hybridized carbons (Fsp3) is 0.562. The third kappa shape index (κ3) is 4.55. The number of hydrogen-bond donors (Lipinski definition) is 1. The molecule has 0 aliphatic carbocycles. The SMILES string of the molecule is CCN1CCC(CNC(=O)c2cccc(S(C)(=O)=O)c2)CC1. The molecule has 0 spiro atoms. The third-order valence-electron chi connectivity index (χ3n) is 4.23. The standard InChI is InChI=1S/C16H24N2O3S/c1-3-18-9-7-13(8-10-18)12-17-16(19)14-5-4-6-15(11-14)22(2,20)21/h4-6,11,13H,3,7-10,12H2,1-2H3,(H,17,19). The number of amides is 1. The molecule has 0 aromatic heterocycles. The van der Waals surface area contributed by atoms with Crippen LogP contribution in [0.15, 0.2) is 29.2 Å². The minimum atomic E-state index is -3.29. The van der Waals surface area contributed by atoms with E-state index in [1.54, 1.807) is 12.1 Å². The number of likely N-dealkylation sites (tertiary alicyclic amines) is 1. The van der Waals surface area contributed by atoms with Gasteiger partial charge in [0.15, 0.2) is 9.84 Å². The quantitative estimate of drug-likeness (QED) is 0.892. The van der Waals surface area contributed by atoms with Crippen LogP contribution in [0.25, 0.3) is 0 Å². The van der Waals surface area contributed by atoms with E-state index in [2.05, 4.69) is 17.1 Å². The van der Waals surface area contributed by atoms with Gasteiger partial charge in [-0.1, -0.05) is 13.0 Å². The van der Waals surface area contributed by atoms with Crippen LogP contribution in [-0.2, 0) is 9.84 Å². The summed E-state index contributed by atoms with van der Waals surface area (Å²) in [4.78, 5) is 14.8. The van der Waals surface area contributed by atoms with Crippen molar-refractivity contribution >= 4 is 15.7 Å². The maximum absolute atomic E-state index is 12.2. The van der Waals surface area contributed by atoms with Gasteiger partial charge in [0, 0.05) is 18.4 Å². The monoisotopic (exact) mass is 324 g/mol. The Morgan fingerprint density at radius 3 is 2.59 bits per heavy atom. The van der Waals surface area contributed by atoms with Gasteiger partial charge in [0.2, 0.25) is 0 Å². The van der Waals surface area contributed by atoms with Gasteiger partial charge in [-0.15, -0.1) is 0 Å². The number of rotatable bonds is 5. The summed E-state index contributed by atoms with van der Waals surface area (Å²) in [7, 11) is -3.29. The van der Waals surface area contributed by atoms with Crippen molar-refractivity contribution in [1.82, 2.24) is 10.2 Å². The first kappa shape index (κ1) is 17.0. The number of carbonyl (C=O) groups is 1. The number of carbonyl (C=O) groups excluding carboxylic acids is 1. The number of benzene rings is 1. The highest BCUT2D eigenvalue weighted by Crippen LogP contribution is 2.16. The van der Waals surface area contributed by atoms with Crippen LogP contribution in [-0.4, -0.2) is 51.7 Å². The first-order valence-electron chi connectivity index (χ1n) is 7.71. The zero-order valence-corrected chi connectivity index (χ0v) is 14.0. The van der Waals surface area contributed by atoms with Gasteiger partial charge in [0.1, 0.15) is 0 Å². The average Bonchev–Trinajstić information content (AvgIpc) is 2.52. The Balaban J connectivity index is 1.90. The Labute approximate surface area is 132 Å². The van der Waals surface area contributed by atoms with Crippen LogP contribution in [0.3, 0.4) is 0 Å². The van der Waals surface area contributed by atoms with Crippen LogP contribution >= 0.6 is 0 Å². The highest BCUT2D eigenvalue weighted by Gasteiger charge is 2.19. The van der Waals surface area contributed by atoms with E-state index in [-0.39, 0.29) is 10.8 Å². The van der Waals surface area contributed by atoms with Gasteiger partial charge < -0.3 is 10.2 Å². The van der Waals surface area contributed by atoms with Crippen LogP contribution in [0.5, 0.6) is 0 Å². The van der Waals surface area contributed by atoms with Crippen LogP contribution < -0.4 is 5.32 Å². The lowest BCUT2D eigenvalue weighted by Crippen LogP contribution is -2.38. The van der Waals surface area contributed by atoms with Crippen molar-refractivity contribution in [1.29, 1.82) is 0 Å². The normalized spacial score (nSPS) is 17.4. The number of sulfone groups is 1. The van der Waals surface area contributed by atoms with E-state index in [4.69, 9.17) is 0 Å². The fourth-order valence-corrected chi connectivity index (χ4v) is 3.38. The van der Waals surface area contributed by atoms with Crippen molar-refractivity contribution in [3.8, 4) is 0 Å². The Hall–Kier alpha value is -1.40. The summed E-state index contributed by atoms with van der Waals surface area (Å²) in [6.07, 6.45) is 3.33. The highest BCUT2D eigenvalue weighted by atomic mass is 32.2. The minimum Gasteiger partial charge on any atom is -0.352 e. The van der Waals surface area contributed by atoms with Crippen molar-refractivity contribution in [2.24, 2.45) is 5.92 Å². The number of piperidine rings is 1. The van der Waals surface area contributed by atoms with Crippen LogP contribution in [0.4, 0.5) is 0 Å². The maximum atomic E-state index is 12.2. The number of nitrogens with zero attached hydrogens (tertiary/aromatic N) is 1. The molecule has 1 aliphatic rings. The molecular weight excluding hydrogens is 300 g/mol. The molecule has 22 heavy (non-hydrogen) atoms.